The molecule has 2 nitrogen and oxygen atoms in total. The third-order valence-electron chi connectivity index (χ3n) is 3.76. The van der Waals surface area contributed by atoms with Crippen molar-refractivity contribution in [3.63, 3.8) is 0 Å². The van der Waals surface area contributed by atoms with Crippen LogP contribution in [0.2, 0.25) is 0 Å². The molecular formula is C19H21NO. The van der Waals surface area contributed by atoms with Gasteiger partial charge < -0.3 is 9.73 Å². The van der Waals surface area contributed by atoms with Gasteiger partial charge in [0, 0.05) is 5.39 Å². The summed E-state index contributed by atoms with van der Waals surface area (Å²) in [6.07, 6.45) is 0. The zero-order chi connectivity index (χ0) is 14.8. The first-order chi connectivity index (χ1) is 10.2. The molecular weight excluding hydrogens is 258 g/mol. The van der Waals surface area contributed by atoms with E-state index in [0.29, 0.717) is 0 Å². The molecule has 108 valence electrons. The van der Waals surface area contributed by atoms with Crippen LogP contribution in [-0.4, -0.2) is 6.54 Å². The van der Waals surface area contributed by atoms with Gasteiger partial charge in [0.2, 0.25) is 0 Å². The van der Waals surface area contributed by atoms with Crippen LogP contribution >= 0.6 is 0 Å². The van der Waals surface area contributed by atoms with Crippen LogP contribution in [0.5, 0.6) is 0 Å². The molecule has 0 amide bonds. The fraction of sp³-hybridized carbons (Fsp3) is 0.263. The number of furan rings is 1. The van der Waals surface area contributed by atoms with Crippen LogP contribution in [0.15, 0.2) is 52.9 Å². The largest absolute Gasteiger partial charge is 0.459 e. The van der Waals surface area contributed by atoms with Crippen molar-refractivity contribution in [1.29, 1.82) is 0 Å². The van der Waals surface area contributed by atoms with Crippen molar-refractivity contribution < 1.29 is 4.42 Å². The lowest BCUT2D eigenvalue weighted by molar-refractivity contribution is 0.477. The van der Waals surface area contributed by atoms with Gasteiger partial charge in [-0.15, -0.1) is 0 Å². The molecule has 3 rings (SSSR count). The van der Waals surface area contributed by atoms with Crippen molar-refractivity contribution in [2.24, 2.45) is 0 Å². The third-order valence-corrected chi connectivity index (χ3v) is 3.76. The van der Waals surface area contributed by atoms with Crippen LogP contribution < -0.4 is 5.32 Å². The fourth-order valence-electron chi connectivity index (χ4n) is 2.76. The maximum absolute atomic E-state index is 6.07. The van der Waals surface area contributed by atoms with Gasteiger partial charge in [0.15, 0.2) is 0 Å². The number of nitrogens with one attached hydrogen (secondary N) is 1. The minimum absolute atomic E-state index is 0.0996. The fourth-order valence-corrected chi connectivity index (χ4v) is 2.76. The van der Waals surface area contributed by atoms with Gasteiger partial charge in [0.1, 0.15) is 11.3 Å². The first-order valence-electron chi connectivity index (χ1n) is 7.47. The standard InChI is InChI=1S/C19H21NO/c1-4-20-19(15-7-5-6-13(2)10-15)18-12-16-11-14(3)8-9-17(16)21-18/h5-12,19-20H,4H2,1-3H3. The highest BCUT2D eigenvalue weighted by atomic mass is 16.3. The average Bonchev–Trinajstić information content (AvgIpc) is 2.87. The average molecular weight is 279 g/mol. The van der Waals surface area contributed by atoms with Gasteiger partial charge in [-0.05, 0) is 44.2 Å². The molecule has 0 aliphatic rings. The highest BCUT2D eigenvalue weighted by Crippen LogP contribution is 2.29. The van der Waals surface area contributed by atoms with Crippen LogP contribution in [0.3, 0.4) is 0 Å². The zero-order valence-electron chi connectivity index (χ0n) is 12.8. The number of hydrogen-bond acceptors (Lipinski definition) is 2. The lowest BCUT2D eigenvalue weighted by Crippen LogP contribution is -2.21. The molecule has 1 aromatic heterocycles. The highest BCUT2D eigenvalue weighted by Gasteiger charge is 2.17. The third kappa shape index (κ3) is 2.86. The van der Waals surface area contributed by atoms with Gasteiger partial charge in [-0.2, -0.15) is 0 Å². The van der Waals surface area contributed by atoms with Crippen LogP contribution in [-0.2, 0) is 0 Å². The first-order valence-corrected chi connectivity index (χ1v) is 7.47. The topological polar surface area (TPSA) is 25.2 Å². The van der Waals surface area contributed by atoms with E-state index in [2.05, 4.69) is 68.6 Å². The molecule has 1 N–H and O–H groups in total. The lowest BCUT2D eigenvalue weighted by atomic mass is 10.0. The summed E-state index contributed by atoms with van der Waals surface area (Å²) in [6, 6.07) is 17.1. The number of fused-ring (bicyclic) bond motifs is 1. The van der Waals surface area contributed by atoms with Crippen molar-refractivity contribution in [2.45, 2.75) is 26.8 Å². The molecule has 0 saturated carbocycles. The molecule has 1 unspecified atom stereocenters. The van der Waals surface area contributed by atoms with Gasteiger partial charge in [0.05, 0.1) is 6.04 Å². The summed E-state index contributed by atoms with van der Waals surface area (Å²) < 4.78 is 6.07. The Morgan fingerprint density at radius 1 is 1.00 bits per heavy atom. The Morgan fingerprint density at radius 2 is 1.81 bits per heavy atom. The van der Waals surface area contributed by atoms with Crippen molar-refractivity contribution >= 4 is 11.0 Å². The predicted molar refractivity (Wildman–Crippen MR) is 87.6 cm³/mol. The second-order valence-corrected chi connectivity index (χ2v) is 5.59. The summed E-state index contributed by atoms with van der Waals surface area (Å²) in [5, 5.41) is 4.69. The van der Waals surface area contributed by atoms with E-state index >= 15 is 0 Å². The van der Waals surface area contributed by atoms with Crippen LogP contribution in [0, 0.1) is 13.8 Å². The van der Waals surface area contributed by atoms with E-state index in [1.54, 1.807) is 0 Å². The Bertz CT molecular complexity index is 757. The highest BCUT2D eigenvalue weighted by molar-refractivity contribution is 5.79. The van der Waals surface area contributed by atoms with Crippen molar-refractivity contribution in [3.8, 4) is 0 Å². The number of rotatable bonds is 4. The summed E-state index contributed by atoms with van der Waals surface area (Å²) in [5.74, 6) is 0.975. The maximum Gasteiger partial charge on any atom is 0.134 e. The molecule has 1 atom stereocenters. The SMILES string of the molecule is CCNC(c1cccc(C)c1)c1cc2cc(C)ccc2o1. The quantitative estimate of drug-likeness (QED) is 0.745. The molecule has 0 saturated heterocycles. The summed E-state index contributed by atoms with van der Waals surface area (Å²) in [5.41, 5.74) is 4.71. The van der Waals surface area contributed by atoms with Crippen LogP contribution in [0.25, 0.3) is 11.0 Å². The Balaban J connectivity index is 2.06. The van der Waals surface area contributed by atoms with Crippen LogP contribution in [0.1, 0.15) is 35.4 Å². The van der Waals surface area contributed by atoms with E-state index in [1.165, 1.54) is 22.1 Å². The number of aryl methyl sites for hydroxylation is 2. The van der Waals surface area contributed by atoms with Crippen LogP contribution in [0.4, 0.5) is 0 Å². The number of hydrogen-bond donors (Lipinski definition) is 1. The van der Waals surface area contributed by atoms with E-state index in [-0.39, 0.29) is 6.04 Å². The van der Waals surface area contributed by atoms with Crippen molar-refractivity contribution in [1.82, 2.24) is 5.32 Å². The second kappa shape index (κ2) is 5.74. The molecule has 0 aliphatic heterocycles. The van der Waals surface area contributed by atoms with E-state index < -0.39 is 0 Å². The van der Waals surface area contributed by atoms with Gasteiger partial charge in [-0.3, -0.25) is 0 Å². The van der Waals surface area contributed by atoms with E-state index in [1.807, 2.05) is 6.07 Å². The maximum atomic E-state index is 6.07. The number of benzene rings is 2. The lowest BCUT2D eigenvalue weighted by Gasteiger charge is -2.16. The van der Waals surface area contributed by atoms with E-state index in [9.17, 15) is 0 Å². The molecule has 1 heterocycles. The Morgan fingerprint density at radius 3 is 2.57 bits per heavy atom. The normalized spacial score (nSPS) is 12.7. The Labute approximate surface area is 125 Å². The molecule has 0 radical (unpaired) electrons. The van der Waals surface area contributed by atoms with E-state index in [4.69, 9.17) is 4.42 Å². The molecule has 0 bridgehead atoms. The summed E-state index contributed by atoms with van der Waals surface area (Å²) in [7, 11) is 0. The molecule has 3 aromatic rings. The molecule has 0 aliphatic carbocycles. The monoisotopic (exact) mass is 279 g/mol. The molecule has 0 spiro atoms. The minimum atomic E-state index is 0.0996. The molecule has 21 heavy (non-hydrogen) atoms. The second-order valence-electron chi connectivity index (χ2n) is 5.59. The van der Waals surface area contributed by atoms with Crippen molar-refractivity contribution in [3.05, 3.63) is 71.0 Å². The molecule has 2 aromatic carbocycles. The van der Waals surface area contributed by atoms with Gasteiger partial charge in [-0.25, -0.2) is 0 Å². The Kier molecular flexibility index (Phi) is 3.80. The minimum Gasteiger partial charge on any atom is -0.459 e. The zero-order valence-corrected chi connectivity index (χ0v) is 12.8. The summed E-state index contributed by atoms with van der Waals surface area (Å²) in [6.45, 7) is 7.24. The van der Waals surface area contributed by atoms with Gasteiger partial charge in [0.25, 0.3) is 0 Å². The smallest absolute Gasteiger partial charge is 0.134 e. The predicted octanol–water partition coefficient (Wildman–Crippen LogP) is 4.75. The summed E-state index contributed by atoms with van der Waals surface area (Å²) >= 11 is 0. The van der Waals surface area contributed by atoms with Gasteiger partial charge >= 0.3 is 0 Å². The van der Waals surface area contributed by atoms with Gasteiger partial charge in [-0.1, -0.05) is 48.4 Å². The molecule has 0 fully saturated rings. The van der Waals surface area contributed by atoms with Crippen molar-refractivity contribution in [2.75, 3.05) is 6.54 Å². The van der Waals surface area contributed by atoms with E-state index in [0.717, 1.165) is 17.9 Å². The Hall–Kier alpha value is -2.06. The summed E-state index contributed by atoms with van der Waals surface area (Å²) in [4.78, 5) is 0. The molecule has 2 heteroatoms. The first kappa shape index (κ1) is 13.9.